The van der Waals surface area contributed by atoms with Gasteiger partial charge in [-0.15, -0.1) is 0 Å². The van der Waals surface area contributed by atoms with Gasteiger partial charge in [0.2, 0.25) is 5.91 Å². The Labute approximate surface area is 145 Å². The highest BCUT2D eigenvalue weighted by Crippen LogP contribution is 2.31. The Hall–Kier alpha value is -2.54. The molecule has 2 N–H and O–H groups in total. The number of amides is 2. The molecule has 0 aliphatic carbocycles. The first-order chi connectivity index (χ1) is 11.5. The summed E-state index contributed by atoms with van der Waals surface area (Å²) in [5, 5.41) is 5.69. The maximum absolute atomic E-state index is 12.3. The number of halogens is 1. The Morgan fingerprint density at radius 1 is 1.38 bits per heavy atom. The van der Waals surface area contributed by atoms with Crippen LogP contribution in [-0.2, 0) is 11.3 Å². The highest BCUT2D eigenvalue weighted by molar-refractivity contribution is 6.34. The van der Waals surface area contributed by atoms with Crippen molar-refractivity contribution >= 4 is 29.1 Å². The second kappa shape index (κ2) is 8.35. The van der Waals surface area contributed by atoms with Crippen molar-refractivity contribution in [3.63, 3.8) is 0 Å². The summed E-state index contributed by atoms with van der Waals surface area (Å²) in [5.74, 6) is -0.195. The summed E-state index contributed by atoms with van der Waals surface area (Å²) in [4.78, 5) is 27.4. The second-order valence-electron chi connectivity index (χ2n) is 5.12. The molecule has 1 aromatic carbocycles. The summed E-state index contributed by atoms with van der Waals surface area (Å²) < 4.78 is 7.16. The van der Waals surface area contributed by atoms with Crippen molar-refractivity contribution < 1.29 is 14.3 Å². The monoisotopic (exact) mass is 350 g/mol. The molecule has 0 fully saturated rings. The number of aromatic nitrogens is 2. The quantitative estimate of drug-likeness (QED) is 0.750. The minimum absolute atomic E-state index is 0.254. The molecule has 2 aromatic rings. The number of hydrogen-bond donors (Lipinski definition) is 2. The largest absolute Gasteiger partial charge is 0.496 e. The Kier molecular flexibility index (Phi) is 6.20. The fourth-order valence-corrected chi connectivity index (χ4v) is 2.37. The van der Waals surface area contributed by atoms with Crippen LogP contribution in [0.5, 0.6) is 5.75 Å². The van der Waals surface area contributed by atoms with E-state index in [4.69, 9.17) is 16.3 Å². The van der Waals surface area contributed by atoms with Crippen LogP contribution in [-0.4, -0.2) is 35.0 Å². The number of imidazole rings is 1. The number of hydrogen-bond acceptors (Lipinski definition) is 4. The zero-order chi connectivity index (χ0) is 17.5. The number of aryl methyl sites for hydroxylation is 1. The van der Waals surface area contributed by atoms with Crippen LogP contribution in [0.4, 0.5) is 5.69 Å². The minimum Gasteiger partial charge on any atom is -0.496 e. The molecule has 128 valence electrons. The molecular weight excluding hydrogens is 332 g/mol. The van der Waals surface area contributed by atoms with Gasteiger partial charge in [0.1, 0.15) is 5.75 Å². The fraction of sp³-hybridized carbons (Fsp3) is 0.312. The molecule has 8 heteroatoms. The van der Waals surface area contributed by atoms with Gasteiger partial charge in [-0.1, -0.05) is 11.6 Å². The molecule has 0 radical (unpaired) electrons. The van der Waals surface area contributed by atoms with Gasteiger partial charge in [0, 0.05) is 38.5 Å². The SMILES string of the molecule is COc1cc(NC(C)=O)c(Cl)cc1C(=O)NCCCn1ccnc1. The molecule has 2 amide bonds. The van der Waals surface area contributed by atoms with E-state index in [2.05, 4.69) is 15.6 Å². The Morgan fingerprint density at radius 2 is 2.17 bits per heavy atom. The number of nitrogens with zero attached hydrogens (tertiary/aromatic N) is 2. The lowest BCUT2D eigenvalue weighted by Gasteiger charge is -2.13. The first-order valence-corrected chi connectivity index (χ1v) is 7.78. The van der Waals surface area contributed by atoms with Crippen molar-refractivity contribution in [2.75, 3.05) is 19.0 Å². The van der Waals surface area contributed by atoms with E-state index in [1.165, 1.54) is 26.2 Å². The normalized spacial score (nSPS) is 10.3. The van der Waals surface area contributed by atoms with Gasteiger partial charge in [-0.2, -0.15) is 0 Å². The van der Waals surface area contributed by atoms with Crippen molar-refractivity contribution in [2.24, 2.45) is 0 Å². The van der Waals surface area contributed by atoms with Crippen LogP contribution in [0.25, 0.3) is 0 Å². The maximum atomic E-state index is 12.3. The molecule has 0 saturated carbocycles. The number of ether oxygens (including phenoxy) is 1. The van der Waals surface area contributed by atoms with Crippen LogP contribution in [0.15, 0.2) is 30.9 Å². The molecule has 24 heavy (non-hydrogen) atoms. The third kappa shape index (κ3) is 4.73. The van der Waals surface area contributed by atoms with Gasteiger partial charge in [0.05, 0.1) is 29.7 Å². The molecule has 1 heterocycles. The van der Waals surface area contributed by atoms with Crippen LogP contribution in [0.3, 0.4) is 0 Å². The molecule has 0 bridgehead atoms. The summed E-state index contributed by atoms with van der Waals surface area (Å²) in [5.41, 5.74) is 0.719. The number of methoxy groups -OCH3 is 1. The lowest BCUT2D eigenvalue weighted by Crippen LogP contribution is -2.25. The number of anilines is 1. The van der Waals surface area contributed by atoms with Gasteiger partial charge in [0.15, 0.2) is 0 Å². The molecule has 7 nitrogen and oxygen atoms in total. The number of benzene rings is 1. The van der Waals surface area contributed by atoms with Gasteiger partial charge < -0.3 is 19.9 Å². The molecule has 1 aromatic heterocycles. The second-order valence-corrected chi connectivity index (χ2v) is 5.53. The highest BCUT2D eigenvalue weighted by atomic mass is 35.5. The van der Waals surface area contributed by atoms with E-state index in [-0.39, 0.29) is 16.8 Å². The zero-order valence-corrected chi connectivity index (χ0v) is 14.3. The molecule has 0 aliphatic heterocycles. The highest BCUT2D eigenvalue weighted by Gasteiger charge is 2.16. The molecule has 2 rings (SSSR count). The van der Waals surface area contributed by atoms with E-state index in [9.17, 15) is 9.59 Å². The molecule has 0 atom stereocenters. The zero-order valence-electron chi connectivity index (χ0n) is 13.5. The predicted octanol–water partition coefficient (Wildman–Crippen LogP) is 2.32. The molecule has 0 unspecified atom stereocenters. The van der Waals surface area contributed by atoms with E-state index in [0.717, 1.165) is 13.0 Å². The lowest BCUT2D eigenvalue weighted by atomic mass is 10.1. The van der Waals surface area contributed by atoms with Gasteiger partial charge in [-0.3, -0.25) is 9.59 Å². The summed E-state index contributed by atoms with van der Waals surface area (Å²) in [6.45, 7) is 2.65. The number of rotatable bonds is 7. The smallest absolute Gasteiger partial charge is 0.255 e. The average molecular weight is 351 g/mol. The lowest BCUT2D eigenvalue weighted by molar-refractivity contribution is -0.114. The summed E-state index contributed by atoms with van der Waals surface area (Å²) in [6.07, 6.45) is 6.07. The topological polar surface area (TPSA) is 85.2 Å². The summed E-state index contributed by atoms with van der Waals surface area (Å²) in [7, 11) is 1.45. The number of nitrogens with one attached hydrogen (secondary N) is 2. The van der Waals surface area contributed by atoms with Crippen molar-refractivity contribution in [2.45, 2.75) is 19.9 Å². The summed E-state index contributed by atoms with van der Waals surface area (Å²) >= 11 is 6.11. The molecular formula is C16H19ClN4O3. The predicted molar refractivity (Wildman–Crippen MR) is 91.5 cm³/mol. The average Bonchev–Trinajstić information content (AvgIpc) is 3.05. The van der Waals surface area contributed by atoms with Crippen LogP contribution < -0.4 is 15.4 Å². The van der Waals surface area contributed by atoms with Gasteiger partial charge in [-0.25, -0.2) is 4.98 Å². The van der Waals surface area contributed by atoms with E-state index in [1.807, 2.05) is 10.8 Å². The Morgan fingerprint density at radius 3 is 2.79 bits per heavy atom. The third-order valence-electron chi connectivity index (χ3n) is 3.28. The fourth-order valence-electron chi connectivity index (χ4n) is 2.16. The Balaban J connectivity index is 1.99. The molecule has 0 aliphatic rings. The van der Waals surface area contributed by atoms with Crippen LogP contribution in [0, 0.1) is 0 Å². The number of carbonyl (C=O) groups is 2. The molecule has 0 saturated heterocycles. The van der Waals surface area contributed by atoms with Crippen LogP contribution in [0.1, 0.15) is 23.7 Å². The standard InChI is InChI=1S/C16H19ClN4O3/c1-11(22)20-14-9-15(24-2)12(8-13(14)17)16(23)19-4-3-6-21-7-5-18-10-21/h5,7-10H,3-4,6H2,1-2H3,(H,19,23)(H,20,22). The van der Waals surface area contributed by atoms with E-state index < -0.39 is 0 Å². The van der Waals surface area contributed by atoms with Gasteiger partial charge >= 0.3 is 0 Å². The van der Waals surface area contributed by atoms with Gasteiger partial charge in [-0.05, 0) is 12.5 Å². The minimum atomic E-state index is -0.284. The van der Waals surface area contributed by atoms with E-state index in [0.29, 0.717) is 23.5 Å². The summed E-state index contributed by atoms with van der Waals surface area (Å²) in [6, 6.07) is 3.01. The Bertz CT molecular complexity index is 716. The van der Waals surface area contributed by atoms with Crippen LogP contribution in [0.2, 0.25) is 5.02 Å². The molecule has 0 spiro atoms. The van der Waals surface area contributed by atoms with E-state index >= 15 is 0 Å². The first-order valence-electron chi connectivity index (χ1n) is 7.40. The van der Waals surface area contributed by atoms with Crippen LogP contribution >= 0.6 is 11.6 Å². The number of carbonyl (C=O) groups excluding carboxylic acids is 2. The van der Waals surface area contributed by atoms with Crippen molar-refractivity contribution in [3.05, 3.63) is 41.4 Å². The van der Waals surface area contributed by atoms with Crippen molar-refractivity contribution in [1.82, 2.24) is 14.9 Å². The maximum Gasteiger partial charge on any atom is 0.255 e. The van der Waals surface area contributed by atoms with Crippen molar-refractivity contribution in [3.8, 4) is 5.75 Å². The van der Waals surface area contributed by atoms with E-state index in [1.54, 1.807) is 12.5 Å². The van der Waals surface area contributed by atoms with Crippen molar-refractivity contribution in [1.29, 1.82) is 0 Å². The third-order valence-corrected chi connectivity index (χ3v) is 3.60. The van der Waals surface area contributed by atoms with Gasteiger partial charge in [0.25, 0.3) is 5.91 Å². The first kappa shape index (κ1) is 17.8.